The molecular formula is C18H20N2O3. The number of hydrogen-bond acceptors (Lipinski definition) is 3. The predicted octanol–water partition coefficient (Wildman–Crippen LogP) is 4.67. The molecule has 0 spiro atoms. The van der Waals surface area contributed by atoms with Crippen LogP contribution in [0.1, 0.15) is 47.7 Å². The molecule has 5 heteroatoms. The van der Waals surface area contributed by atoms with Gasteiger partial charge in [0.05, 0.1) is 4.92 Å². The van der Waals surface area contributed by atoms with Crippen LogP contribution in [0.2, 0.25) is 0 Å². The molecular weight excluding hydrogens is 292 g/mol. The molecule has 5 nitrogen and oxygen atoms in total. The predicted molar refractivity (Wildman–Crippen MR) is 90.9 cm³/mol. The summed E-state index contributed by atoms with van der Waals surface area (Å²) in [4.78, 5) is 22.8. The number of nitrogens with one attached hydrogen (secondary N) is 1. The lowest BCUT2D eigenvalue weighted by molar-refractivity contribution is -0.385. The number of carbonyl (C=O) groups is 1. The van der Waals surface area contributed by atoms with Crippen LogP contribution < -0.4 is 5.32 Å². The van der Waals surface area contributed by atoms with E-state index in [1.807, 2.05) is 24.3 Å². The second-order valence-electron chi connectivity index (χ2n) is 5.61. The van der Waals surface area contributed by atoms with Crippen molar-refractivity contribution in [2.75, 3.05) is 5.32 Å². The van der Waals surface area contributed by atoms with E-state index in [4.69, 9.17) is 0 Å². The van der Waals surface area contributed by atoms with Crippen molar-refractivity contribution in [3.63, 3.8) is 0 Å². The first-order valence-corrected chi connectivity index (χ1v) is 7.59. The van der Waals surface area contributed by atoms with Gasteiger partial charge in [-0.2, -0.15) is 0 Å². The number of nitrogens with zero attached hydrogens (tertiary/aromatic N) is 1. The molecule has 1 atom stereocenters. The monoisotopic (exact) mass is 312 g/mol. The zero-order valence-corrected chi connectivity index (χ0v) is 13.5. The Labute approximate surface area is 135 Å². The summed E-state index contributed by atoms with van der Waals surface area (Å²) >= 11 is 0. The van der Waals surface area contributed by atoms with Crippen LogP contribution in [0.15, 0.2) is 42.5 Å². The Morgan fingerprint density at radius 2 is 1.96 bits per heavy atom. The van der Waals surface area contributed by atoms with E-state index >= 15 is 0 Å². The Kier molecular flexibility index (Phi) is 5.11. The molecule has 0 bridgehead atoms. The molecule has 23 heavy (non-hydrogen) atoms. The molecule has 0 saturated carbocycles. The van der Waals surface area contributed by atoms with E-state index in [1.165, 1.54) is 12.1 Å². The Hall–Kier alpha value is -2.69. The molecule has 0 aliphatic heterocycles. The Balaban J connectivity index is 2.26. The van der Waals surface area contributed by atoms with Crippen LogP contribution in [0, 0.1) is 17.0 Å². The van der Waals surface area contributed by atoms with E-state index in [1.54, 1.807) is 13.0 Å². The van der Waals surface area contributed by atoms with Crippen molar-refractivity contribution in [2.24, 2.45) is 0 Å². The SMILES string of the molecule is CC[C@@H](C)c1ccccc1NC(=O)c1ccc([N+](=O)[O-])c(C)c1. The third kappa shape index (κ3) is 3.74. The summed E-state index contributed by atoms with van der Waals surface area (Å²) in [5.74, 6) is 0.0730. The maximum Gasteiger partial charge on any atom is 0.272 e. The number of benzene rings is 2. The van der Waals surface area contributed by atoms with Crippen molar-refractivity contribution < 1.29 is 9.72 Å². The maximum atomic E-state index is 12.4. The van der Waals surface area contributed by atoms with Gasteiger partial charge in [0.1, 0.15) is 0 Å². The van der Waals surface area contributed by atoms with Gasteiger partial charge >= 0.3 is 0 Å². The molecule has 0 radical (unpaired) electrons. The fraction of sp³-hybridized carbons (Fsp3) is 0.278. The zero-order chi connectivity index (χ0) is 17.0. The highest BCUT2D eigenvalue weighted by Crippen LogP contribution is 2.27. The molecule has 0 saturated heterocycles. The number of nitro groups is 1. The van der Waals surface area contributed by atoms with E-state index in [0.29, 0.717) is 17.0 Å². The van der Waals surface area contributed by atoms with Crippen molar-refractivity contribution in [3.05, 3.63) is 69.3 Å². The summed E-state index contributed by atoms with van der Waals surface area (Å²) in [7, 11) is 0. The number of anilines is 1. The van der Waals surface area contributed by atoms with Gasteiger partial charge in [0.2, 0.25) is 0 Å². The minimum atomic E-state index is -0.449. The molecule has 0 fully saturated rings. The fourth-order valence-electron chi connectivity index (χ4n) is 2.46. The number of para-hydroxylation sites is 1. The molecule has 0 aliphatic carbocycles. The van der Waals surface area contributed by atoms with E-state index in [9.17, 15) is 14.9 Å². The number of amides is 1. The highest BCUT2D eigenvalue weighted by Gasteiger charge is 2.15. The van der Waals surface area contributed by atoms with Gasteiger partial charge in [-0.15, -0.1) is 0 Å². The van der Waals surface area contributed by atoms with Crippen molar-refractivity contribution in [2.45, 2.75) is 33.1 Å². The van der Waals surface area contributed by atoms with Crippen LogP contribution in [-0.2, 0) is 0 Å². The van der Waals surface area contributed by atoms with Crippen LogP contribution in [0.25, 0.3) is 0 Å². The molecule has 2 rings (SSSR count). The van der Waals surface area contributed by atoms with E-state index in [2.05, 4.69) is 19.2 Å². The molecule has 0 unspecified atom stereocenters. The van der Waals surface area contributed by atoms with Crippen molar-refractivity contribution >= 4 is 17.3 Å². The molecule has 1 N–H and O–H groups in total. The second-order valence-corrected chi connectivity index (χ2v) is 5.61. The van der Waals surface area contributed by atoms with Gasteiger partial charge in [0.15, 0.2) is 0 Å². The number of carbonyl (C=O) groups excluding carboxylic acids is 1. The van der Waals surface area contributed by atoms with Gasteiger partial charge in [-0.1, -0.05) is 32.0 Å². The van der Waals surface area contributed by atoms with Gasteiger partial charge in [0.25, 0.3) is 11.6 Å². The van der Waals surface area contributed by atoms with Crippen LogP contribution in [-0.4, -0.2) is 10.8 Å². The molecule has 0 heterocycles. The molecule has 0 aliphatic rings. The van der Waals surface area contributed by atoms with Crippen molar-refractivity contribution in [1.82, 2.24) is 0 Å². The van der Waals surface area contributed by atoms with Crippen LogP contribution >= 0.6 is 0 Å². The average Bonchev–Trinajstić information content (AvgIpc) is 2.54. The highest BCUT2D eigenvalue weighted by molar-refractivity contribution is 6.05. The summed E-state index contributed by atoms with van der Waals surface area (Å²) in [6.07, 6.45) is 0.976. The summed E-state index contributed by atoms with van der Waals surface area (Å²) in [6.45, 7) is 5.84. The normalized spacial score (nSPS) is 11.8. The quantitative estimate of drug-likeness (QED) is 0.644. The molecule has 120 valence electrons. The van der Waals surface area contributed by atoms with Crippen molar-refractivity contribution in [1.29, 1.82) is 0 Å². The number of rotatable bonds is 5. The number of nitro benzene ring substituents is 1. The van der Waals surface area contributed by atoms with E-state index in [0.717, 1.165) is 17.7 Å². The second kappa shape index (κ2) is 7.05. The largest absolute Gasteiger partial charge is 0.322 e. The topological polar surface area (TPSA) is 72.2 Å². The molecule has 0 aromatic heterocycles. The minimum Gasteiger partial charge on any atom is -0.322 e. The summed E-state index contributed by atoms with van der Waals surface area (Å²) < 4.78 is 0. The molecule has 2 aromatic carbocycles. The van der Waals surface area contributed by atoms with E-state index in [-0.39, 0.29) is 11.6 Å². The van der Waals surface area contributed by atoms with Crippen molar-refractivity contribution in [3.8, 4) is 0 Å². The van der Waals surface area contributed by atoms with Crippen LogP contribution in [0.4, 0.5) is 11.4 Å². The number of aryl methyl sites for hydroxylation is 1. The third-order valence-corrected chi connectivity index (χ3v) is 4.01. The first kappa shape index (κ1) is 16.7. The first-order chi connectivity index (χ1) is 10.9. The van der Waals surface area contributed by atoms with Gasteiger partial charge in [-0.25, -0.2) is 0 Å². The average molecular weight is 312 g/mol. The first-order valence-electron chi connectivity index (χ1n) is 7.59. The van der Waals surface area contributed by atoms with Gasteiger partial charge in [-0.3, -0.25) is 14.9 Å². The zero-order valence-electron chi connectivity index (χ0n) is 13.5. The maximum absolute atomic E-state index is 12.4. The number of hydrogen-bond donors (Lipinski definition) is 1. The fourth-order valence-corrected chi connectivity index (χ4v) is 2.46. The van der Waals surface area contributed by atoms with Crippen LogP contribution in [0.5, 0.6) is 0 Å². The Morgan fingerprint density at radius 3 is 2.57 bits per heavy atom. The Morgan fingerprint density at radius 1 is 1.26 bits per heavy atom. The minimum absolute atomic E-state index is 0.0153. The summed E-state index contributed by atoms with van der Waals surface area (Å²) in [5, 5.41) is 13.8. The summed E-state index contributed by atoms with van der Waals surface area (Å²) in [5.41, 5.74) is 2.76. The molecule has 1 amide bonds. The highest BCUT2D eigenvalue weighted by atomic mass is 16.6. The van der Waals surface area contributed by atoms with E-state index < -0.39 is 4.92 Å². The molecule has 2 aromatic rings. The lowest BCUT2D eigenvalue weighted by atomic mass is 9.96. The third-order valence-electron chi connectivity index (χ3n) is 4.01. The Bertz CT molecular complexity index is 741. The van der Waals surface area contributed by atoms with Gasteiger partial charge < -0.3 is 5.32 Å². The summed E-state index contributed by atoms with van der Waals surface area (Å²) in [6, 6.07) is 12.1. The van der Waals surface area contributed by atoms with Gasteiger partial charge in [-0.05, 0) is 43.0 Å². The standard InChI is InChI=1S/C18H20N2O3/c1-4-12(2)15-7-5-6-8-16(15)19-18(21)14-9-10-17(20(22)23)13(3)11-14/h5-12H,4H2,1-3H3,(H,19,21)/t12-/m1/s1. The van der Waals surface area contributed by atoms with Crippen LogP contribution in [0.3, 0.4) is 0 Å². The lowest BCUT2D eigenvalue weighted by Crippen LogP contribution is -2.14. The lowest BCUT2D eigenvalue weighted by Gasteiger charge is -2.15. The smallest absolute Gasteiger partial charge is 0.272 e. The van der Waals surface area contributed by atoms with Gasteiger partial charge in [0, 0.05) is 22.9 Å².